The monoisotopic (exact) mass is 464 g/mol. The van der Waals surface area contributed by atoms with Crippen LogP contribution in [-0.4, -0.2) is 40.3 Å². The highest BCUT2D eigenvalue weighted by molar-refractivity contribution is 7.13. The third-order valence-corrected chi connectivity index (χ3v) is 7.35. The van der Waals surface area contributed by atoms with E-state index in [9.17, 15) is 14.0 Å². The van der Waals surface area contributed by atoms with Gasteiger partial charge in [-0.05, 0) is 55.7 Å². The lowest BCUT2D eigenvalue weighted by atomic mass is 9.76. The Hall–Kier alpha value is -3.26. The summed E-state index contributed by atoms with van der Waals surface area (Å²) in [4.78, 5) is 32.0. The molecule has 2 aliphatic rings. The molecule has 2 saturated heterocycles. The first-order valence-electron chi connectivity index (χ1n) is 11.1. The molecule has 1 aromatic heterocycles. The number of halogens is 1. The molecular formula is C25H25FN4O2S. The van der Waals surface area contributed by atoms with Crippen molar-refractivity contribution in [3.8, 4) is 0 Å². The minimum absolute atomic E-state index is 0.0121. The van der Waals surface area contributed by atoms with Gasteiger partial charge in [0.25, 0.3) is 5.91 Å². The standard InChI is InChI=1S/C25H25FN4O2S/c1-16-14-33-24(27-16)28-20-8-3-6-18(12-20)23(32)30-13-21(17-5-2-7-19(26)11-17)25(15-30)10-4-9-22(31)29-25/h2-3,5-8,11-12,14,21H,4,9-10,13,15H2,1H3,(H,27,28)(H,29,31)/t21-,25+/m0/s1. The van der Waals surface area contributed by atoms with Gasteiger partial charge in [-0.25, -0.2) is 9.37 Å². The Morgan fingerprint density at radius 2 is 2.12 bits per heavy atom. The number of thiazole rings is 1. The van der Waals surface area contributed by atoms with Gasteiger partial charge in [-0.1, -0.05) is 18.2 Å². The van der Waals surface area contributed by atoms with E-state index in [1.165, 1.54) is 23.5 Å². The molecule has 170 valence electrons. The Bertz CT molecular complexity index is 1210. The zero-order valence-electron chi connectivity index (χ0n) is 18.3. The predicted molar refractivity (Wildman–Crippen MR) is 126 cm³/mol. The van der Waals surface area contributed by atoms with Crippen LogP contribution in [0.15, 0.2) is 53.9 Å². The third-order valence-electron chi connectivity index (χ3n) is 6.48. The summed E-state index contributed by atoms with van der Waals surface area (Å²) in [6, 6.07) is 13.8. The molecule has 6 nitrogen and oxygen atoms in total. The van der Waals surface area contributed by atoms with Crippen LogP contribution in [0.25, 0.3) is 0 Å². The van der Waals surface area contributed by atoms with Crippen molar-refractivity contribution >= 4 is 34.0 Å². The van der Waals surface area contributed by atoms with Crippen molar-refractivity contribution in [2.75, 3.05) is 18.4 Å². The molecular weight excluding hydrogens is 439 g/mol. The Labute approximate surface area is 195 Å². The average molecular weight is 465 g/mol. The maximum absolute atomic E-state index is 14.0. The number of carbonyl (C=O) groups excluding carboxylic acids is 2. The van der Waals surface area contributed by atoms with Gasteiger partial charge in [0.1, 0.15) is 5.82 Å². The number of anilines is 2. The van der Waals surface area contributed by atoms with Crippen LogP contribution in [0.4, 0.5) is 15.2 Å². The fraction of sp³-hybridized carbons (Fsp3) is 0.320. The average Bonchev–Trinajstić information content (AvgIpc) is 3.36. The van der Waals surface area contributed by atoms with Crippen LogP contribution in [0.1, 0.15) is 46.8 Å². The number of hydrogen-bond donors (Lipinski definition) is 2. The number of piperidine rings is 1. The van der Waals surface area contributed by atoms with E-state index in [4.69, 9.17) is 0 Å². The van der Waals surface area contributed by atoms with Crippen molar-refractivity contribution in [2.24, 2.45) is 0 Å². The maximum Gasteiger partial charge on any atom is 0.254 e. The lowest BCUT2D eigenvalue weighted by Crippen LogP contribution is -2.56. The molecule has 2 N–H and O–H groups in total. The summed E-state index contributed by atoms with van der Waals surface area (Å²) < 4.78 is 14.0. The maximum atomic E-state index is 14.0. The van der Waals surface area contributed by atoms with Gasteiger partial charge in [0.2, 0.25) is 5.91 Å². The molecule has 2 aromatic carbocycles. The summed E-state index contributed by atoms with van der Waals surface area (Å²) in [5, 5.41) is 9.16. The van der Waals surface area contributed by atoms with E-state index >= 15 is 0 Å². The topological polar surface area (TPSA) is 74.3 Å². The van der Waals surface area contributed by atoms with E-state index in [1.54, 1.807) is 17.0 Å². The lowest BCUT2D eigenvalue weighted by Gasteiger charge is -2.39. The molecule has 3 heterocycles. The Morgan fingerprint density at radius 3 is 2.88 bits per heavy atom. The normalized spacial score (nSPS) is 22.4. The predicted octanol–water partition coefficient (Wildman–Crippen LogP) is 4.61. The largest absolute Gasteiger partial charge is 0.348 e. The molecule has 0 radical (unpaired) electrons. The van der Waals surface area contributed by atoms with Crippen molar-refractivity contribution < 1.29 is 14.0 Å². The van der Waals surface area contributed by atoms with Crippen LogP contribution >= 0.6 is 11.3 Å². The van der Waals surface area contributed by atoms with Gasteiger partial charge in [-0.2, -0.15) is 0 Å². The third kappa shape index (κ3) is 4.35. The van der Waals surface area contributed by atoms with Gasteiger partial charge >= 0.3 is 0 Å². The number of benzene rings is 2. The quantitative estimate of drug-likeness (QED) is 0.591. The van der Waals surface area contributed by atoms with E-state index in [2.05, 4.69) is 15.6 Å². The molecule has 0 bridgehead atoms. The van der Waals surface area contributed by atoms with Gasteiger partial charge in [0, 0.05) is 42.1 Å². The zero-order chi connectivity index (χ0) is 23.0. The SMILES string of the molecule is Cc1csc(Nc2cccc(C(=O)N3C[C@@H](c4cccc(F)c4)[C@@]4(CCCC(=O)N4)C3)c2)n1. The number of aromatic nitrogens is 1. The van der Waals surface area contributed by atoms with Gasteiger partial charge < -0.3 is 15.5 Å². The first kappa shape index (κ1) is 21.6. The minimum atomic E-state index is -0.576. The fourth-order valence-corrected chi connectivity index (χ4v) is 5.72. The summed E-state index contributed by atoms with van der Waals surface area (Å²) in [6.45, 7) is 2.76. The minimum Gasteiger partial charge on any atom is -0.348 e. The van der Waals surface area contributed by atoms with Crippen LogP contribution in [-0.2, 0) is 4.79 Å². The smallest absolute Gasteiger partial charge is 0.254 e. The van der Waals surface area contributed by atoms with Gasteiger partial charge in [-0.15, -0.1) is 11.3 Å². The Morgan fingerprint density at radius 1 is 1.27 bits per heavy atom. The molecule has 0 unspecified atom stereocenters. The second-order valence-corrected chi connectivity index (χ2v) is 9.71. The number of likely N-dealkylation sites (tertiary alicyclic amines) is 1. The summed E-state index contributed by atoms with van der Waals surface area (Å²) in [5.74, 6) is -0.597. The van der Waals surface area contributed by atoms with Gasteiger partial charge in [0.05, 0.1) is 11.2 Å². The van der Waals surface area contributed by atoms with E-state index in [0.717, 1.165) is 34.9 Å². The van der Waals surface area contributed by atoms with Crippen LogP contribution < -0.4 is 10.6 Å². The molecule has 1 spiro atoms. The number of hydrogen-bond acceptors (Lipinski definition) is 5. The molecule has 2 atom stereocenters. The number of carbonyl (C=O) groups is 2. The number of nitrogens with one attached hydrogen (secondary N) is 2. The second kappa shape index (κ2) is 8.59. The van der Waals surface area contributed by atoms with Crippen molar-refractivity contribution in [3.63, 3.8) is 0 Å². The van der Waals surface area contributed by atoms with Crippen LogP contribution in [0.2, 0.25) is 0 Å². The molecule has 5 rings (SSSR count). The molecule has 2 fully saturated rings. The highest BCUT2D eigenvalue weighted by atomic mass is 32.1. The number of aryl methyl sites for hydroxylation is 1. The highest BCUT2D eigenvalue weighted by Crippen LogP contribution is 2.42. The summed E-state index contributed by atoms with van der Waals surface area (Å²) >= 11 is 1.51. The molecule has 2 amide bonds. The zero-order valence-corrected chi connectivity index (χ0v) is 19.1. The molecule has 0 aliphatic carbocycles. The molecule has 3 aromatic rings. The van der Waals surface area contributed by atoms with Crippen molar-refractivity contribution in [3.05, 3.63) is 76.5 Å². The van der Waals surface area contributed by atoms with Crippen LogP contribution in [0, 0.1) is 12.7 Å². The highest BCUT2D eigenvalue weighted by Gasteiger charge is 2.50. The van der Waals surface area contributed by atoms with Crippen molar-refractivity contribution in [1.29, 1.82) is 0 Å². The van der Waals surface area contributed by atoms with E-state index in [0.29, 0.717) is 25.1 Å². The summed E-state index contributed by atoms with van der Waals surface area (Å²) in [5.41, 5.74) is 2.52. The first-order valence-corrected chi connectivity index (χ1v) is 11.9. The Kier molecular flexibility index (Phi) is 5.62. The van der Waals surface area contributed by atoms with Gasteiger partial charge in [-0.3, -0.25) is 9.59 Å². The van der Waals surface area contributed by atoms with Crippen molar-refractivity contribution in [1.82, 2.24) is 15.2 Å². The van der Waals surface area contributed by atoms with E-state index in [-0.39, 0.29) is 23.5 Å². The number of rotatable bonds is 4. The van der Waals surface area contributed by atoms with Crippen LogP contribution in [0.3, 0.4) is 0 Å². The second-order valence-electron chi connectivity index (χ2n) is 8.85. The first-order chi connectivity index (χ1) is 15.9. The molecule has 2 aliphatic heterocycles. The number of amides is 2. The van der Waals surface area contributed by atoms with Gasteiger partial charge in [0.15, 0.2) is 5.13 Å². The molecule has 8 heteroatoms. The molecule has 0 saturated carbocycles. The summed E-state index contributed by atoms with van der Waals surface area (Å²) in [6.07, 6.45) is 2.00. The van der Waals surface area contributed by atoms with Crippen LogP contribution in [0.5, 0.6) is 0 Å². The molecule has 33 heavy (non-hydrogen) atoms. The lowest BCUT2D eigenvalue weighted by molar-refractivity contribution is -0.125. The van der Waals surface area contributed by atoms with Crippen molar-refractivity contribution in [2.45, 2.75) is 37.6 Å². The fourth-order valence-electron chi connectivity index (χ4n) is 5.01. The van der Waals surface area contributed by atoms with E-state index < -0.39 is 5.54 Å². The Balaban J connectivity index is 1.41. The number of nitrogens with zero attached hydrogens (tertiary/aromatic N) is 2. The summed E-state index contributed by atoms with van der Waals surface area (Å²) in [7, 11) is 0. The van der Waals surface area contributed by atoms with E-state index in [1.807, 2.05) is 36.6 Å².